The quantitative estimate of drug-likeness (QED) is 0.687. The van der Waals surface area contributed by atoms with E-state index in [9.17, 15) is 4.79 Å². The van der Waals surface area contributed by atoms with Gasteiger partial charge < -0.3 is 14.5 Å². The fourth-order valence-electron chi connectivity index (χ4n) is 3.49. The second-order valence-corrected chi connectivity index (χ2v) is 6.88. The maximum Gasteiger partial charge on any atom is 0.253 e. The molecular weight excluding hydrogens is 352 g/mol. The van der Waals surface area contributed by atoms with E-state index in [4.69, 9.17) is 4.74 Å². The van der Waals surface area contributed by atoms with Gasteiger partial charge in [0.15, 0.2) is 0 Å². The lowest BCUT2D eigenvalue weighted by molar-refractivity contribution is 0.0746. The standard InChI is InChI=1S/C22H24N4O2/c1-28-21-5-2-4-20(16-21)24-12-14-25(15-13-24)22(27)19-8-6-18(7-9-19)17-26-11-3-10-23-26/h2-11,16H,12-15,17H2,1H3. The van der Waals surface area contributed by atoms with Gasteiger partial charge in [-0.15, -0.1) is 0 Å². The van der Waals surface area contributed by atoms with Crippen LogP contribution in [0.5, 0.6) is 5.75 Å². The summed E-state index contributed by atoms with van der Waals surface area (Å²) in [4.78, 5) is 17.1. The summed E-state index contributed by atoms with van der Waals surface area (Å²) in [6.45, 7) is 3.77. The predicted octanol–water partition coefficient (Wildman–Crippen LogP) is 2.90. The topological polar surface area (TPSA) is 50.6 Å². The Hall–Kier alpha value is -3.28. The van der Waals surface area contributed by atoms with Gasteiger partial charge in [0.05, 0.1) is 13.7 Å². The molecule has 2 heterocycles. The minimum Gasteiger partial charge on any atom is -0.497 e. The van der Waals surface area contributed by atoms with Gasteiger partial charge in [-0.05, 0) is 35.9 Å². The van der Waals surface area contributed by atoms with Crippen LogP contribution in [-0.2, 0) is 6.54 Å². The van der Waals surface area contributed by atoms with Crippen LogP contribution in [0.4, 0.5) is 5.69 Å². The van der Waals surface area contributed by atoms with Crippen LogP contribution in [0.2, 0.25) is 0 Å². The highest BCUT2D eigenvalue weighted by molar-refractivity contribution is 5.94. The number of aromatic nitrogens is 2. The molecule has 0 atom stereocenters. The summed E-state index contributed by atoms with van der Waals surface area (Å²) >= 11 is 0. The number of hydrogen-bond acceptors (Lipinski definition) is 4. The smallest absolute Gasteiger partial charge is 0.253 e. The third-order valence-corrected chi connectivity index (χ3v) is 5.09. The van der Waals surface area contributed by atoms with Crippen molar-refractivity contribution in [3.8, 4) is 5.75 Å². The number of methoxy groups -OCH3 is 1. The Labute approximate surface area is 164 Å². The molecule has 1 amide bonds. The summed E-state index contributed by atoms with van der Waals surface area (Å²) in [5.74, 6) is 0.946. The van der Waals surface area contributed by atoms with Crippen LogP contribution < -0.4 is 9.64 Å². The molecule has 3 aromatic rings. The second kappa shape index (κ2) is 8.17. The molecule has 0 N–H and O–H groups in total. The molecular formula is C22H24N4O2. The van der Waals surface area contributed by atoms with E-state index in [-0.39, 0.29) is 5.91 Å². The Balaban J connectivity index is 1.35. The molecule has 0 radical (unpaired) electrons. The highest BCUT2D eigenvalue weighted by Crippen LogP contribution is 2.22. The van der Waals surface area contributed by atoms with Gasteiger partial charge in [-0.25, -0.2) is 0 Å². The Morgan fingerprint density at radius 2 is 1.82 bits per heavy atom. The van der Waals surface area contributed by atoms with Crippen molar-refractivity contribution in [3.05, 3.63) is 78.1 Å². The summed E-state index contributed by atoms with van der Waals surface area (Å²) in [6.07, 6.45) is 3.70. The van der Waals surface area contributed by atoms with Crippen LogP contribution in [0.25, 0.3) is 0 Å². The lowest BCUT2D eigenvalue weighted by atomic mass is 10.1. The fourth-order valence-corrected chi connectivity index (χ4v) is 3.49. The zero-order chi connectivity index (χ0) is 19.3. The van der Waals surface area contributed by atoms with E-state index in [1.54, 1.807) is 13.3 Å². The van der Waals surface area contributed by atoms with Crippen LogP contribution >= 0.6 is 0 Å². The molecule has 0 unspecified atom stereocenters. The number of benzene rings is 2. The molecule has 4 rings (SSSR count). The third-order valence-electron chi connectivity index (χ3n) is 5.09. The highest BCUT2D eigenvalue weighted by atomic mass is 16.5. The number of carbonyl (C=O) groups excluding carboxylic acids is 1. The fraction of sp³-hybridized carbons (Fsp3) is 0.273. The van der Waals surface area contributed by atoms with Crippen LogP contribution in [0.3, 0.4) is 0 Å². The number of piperazine rings is 1. The molecule has 28 heavy (non-hydrogen) atoms. The Morgan fingerprint density at radius 3 is 2.50 bits per heavy atom. The molecule has 0 spiro atoms. The largest absolute Gasteiger partial charge is 0.497 e. The third kappa shape index (κ3) is 4.01. The summed E-state index contributed by atoms with van der Waals surface area (Å²) in [5.41, 5.74) is 3.00. The first-order chi connectivity index (χ1) is 13.7. The predicted molar refractivity (Wildman–Crippen MR) is 109 cm³/mol. The summed E-state index contributed by atoms with van der Waals surface area (Å²) in [6, 6.07) is 17.8. The van der Waals surface area contributed by atoms with Crippen molar-refractivity contribution in [2.75, 3.05) is 38.2 Å². The van der Waals surface area contributed by atoms with E-state index in [1.165, 1.54) is 0 Å². The second-order valence-electron chi connectivity index (χ2n) is 6.88. The van der Waals surface area contributed by atoms with E-state index in [2.05, 4.69) is 16.1 Å². The Bertz CT molecular complexity index is 914. The monoisotopic (exact) mass is 376 g/mol. The molecule has 1 saturated heterocycles. The summed E-state index contributed by atoms with van der Waals surface area (Å²) in [5, 5.41) is 4.21. The van der Waals surface area contributed by atoms with E-state index in [1.807, 2.05) is 64.3 Å². The normalized spacial score (nSPS) is 14.2. The summed E-state index contributed by atoms with van der Waals surface area (Å²) < 4.78 is 7.18. The number of hydrogen-bond donors (Lipinski definition) is 0. The van der Waals surface area contributed by atoms with E-state index in [0.29, 0.717) is 19.6 Å². The molecule has 6 nitrogen and oxygen atoms in total. The zero-order valence-corrected chi connectivity index (χ0v) is 16.0. The van der Waals surface area contributed by atoms with Gasteiger partial charge in [0.25, 0.3) is 5.91 Å². The molecule has 6 heteroatoms. The van der Waals surface area contributed by atoms with Gasteiger partial charge in [0, 0.05) is 55.9 Å². The first kappa shape index (κ1) is 18.1. The number of anilines is 1. The van der Waals surface area contributed by atoms with Crippen LogP contribution in [0.15, 0.2) is 67.0 Å². The van der Waals surface area contributed by atoms with Crippen molar-refractivity contribution >= 4 is 11.6 Å². The van der Waals surface area contributed by atoms with Gasteiger partial charge in [-0.2, -0.15) is 5.10 Å². The molecule has 1 aromatic heterocycles. The molecule has 0 bridgehead atoms. The van der Waals surface area contributed by atoms with Gasteiger partial charge in [0.2, 0.25) is 0 Å². The first-order valence-electron chi connectivity index (χ1n) is 9.47. The molecule has 1 aliphatic rings. The van der Waals surface area contributed by atoms with Crippen LogP contribution in [0, 0.1) is 0 Å². The average Bonchev–Trinajstić information content (AvgIpc) is 3.27. The van der Waals surface area contributed by atoms with Crippen molar-refractivity contribution in [1.82, 2.24) is 14.7 Å². The minimum absolute atomic E-state index is 0.0935. The lowest BCUT2D eigenvalue weighted by Crippen LogP contribution is -2.48. The zero-order valence-electron chi connectivity index (χ0n) is 16.0. The number of nitrogens with zero attached hydrogens (tertiary/aromatic N) is 4. The van der Waals surface area contributed by atoms with Gasteiger partial charge in [0.1, 0.15) is 5.75 Å². The molecule has 1 aliphatic heterocycles. The Kier molecular flexibility index (Phi) is 5.28. The van der Waals surface area contributed by atoms with Crippen LogP contribution in [-0.4, -0.2) is 53.9 Å². The lowest BCUT2D eigenvalue weighted by Gasteiger charge is -2.36. The van der Waals surface area contributed by atoms with Gasteiger partial charge in [-0.1, -0.05) is 18.2 Å². The molecule has 0 aliphatic carbocycles. The maximum absolute atomic E-state index is 12.8. The minimum atomic E-state index is 0.0935. The Morgan fingerprint density at radius 1 is 1.04 bits per heavy atom. The average molecular weight is 376 g/mol. The highest BCUT2D eigenvalue weighted by Gasteiger charge is 2.22. The maximum atomic E-state index is 12.8. The van der Waals surface area contributed by atoms with Crippen molar-refractivity contribution in [2.45, 2.75) is 6.54 Å². The van der Waals surface area contributed by atoms with Gasteiger partial charge in [-0.3, -0.25) is 9.48 Å². The first-order valence-corrected chi connectivity index (χ1v) is 9.47. The molecule has 1 fully saturated rings. The molecule has 2 aromatic carbocycles. The number of ether oxygens (including phenoxy) is 1. The van der Waals surface area contributed by atoms with Crippen molar-refractivity contribution in [2.24, 2.45) is 0 Å². The summed E-state index contributed by atoms with van der Waals surface area (Å²) in [7, 11) is 1.68. The number of amides is 1. The van der Waals surface area contributed by atoms with Gasteiger partial charge >= 0.3 is 0 Å². The van der Waals surface area contributed by atoms with Crippen molar-refractivity contribution in [1.29, 1.82) is 0 Å². The SMILES string of the molecule is COc1cccc(N2CCN(C(=O)c3ccc(Cn4cccn4)cc3)CC2)c1. The van der Waals surface area contributed by atoms with E-state index in [0.717, 1.165) is 35.7 Å². The number of carbonyl (C=O) groups is 1. The van der Waals surface area contributed by atoms with E-state index >= 15 is 0 Å². The van der Waals surface area contributed by atoms with E-state index < -0.39 is 0 Å². The van der Waals surface area contributed by atoms with Crippen LogP contribution in [0.1, 0.15) is 15.9 Å². The van der Waals surface area contributed by atoms with Crippen molar-refractivity contribution in [3.63, 3.8) is 0 Å². The van der Waals surface area contributed by atoms with Crippen molar-refractivity contribution < 1.29 is 9.53 Å². The molecule has 0 saturated carbocycles. The molecule has 144 valence electrons. The number of rotatable bonds is 5.